The van der Waals surface area contributed by atoms with Crippen molar-refractivity contribution in [2.45, 2.75) is 110 Å². The van der Waals surface area contributed by atoms with Crippen molar-refractivity contribution in [3.05, 3.63) is 0 Å². The van der Waals surface area contributed by atoms with Crippen LogP contribution in [-0.4, -0.2) is 45.1 Å². The number of amides is 1. The van der Waals surface area contributed by atoms with E-state index >= 15 is 0 Å². The van der Waals surface area contributed by atoms with Gasteiger partial charge in [0.15, 0.2) is 0 Å². The predicted octanol–water partition coefficient (Wildman–Crippen LogP) is 6.69. The molecular weight excluding hydrogens is 400 g/mol. The SMILES string of the molecule is CCCCCCCCCCCCS/C(=N\N(CC1CC1)C(=O)OC(C)(C)C)C(=O)O. The zero-order valence-corrected chi connectivity index (χ0v) is 20.3. The van der Waals surface area contributed by atoms with Gasteiger partial charge in [0.1, 0.15) is 5.60 Å². The van der Waals surface area contributed by atoms with Crippen molar-refractivity contribution in [2.24, 2.45) is 11.0 Å². The molecule has 0 heterocycles. The van der Waals surface area contributed by atoms with Crippen LogP contribution in [0.5, 0.6) is 0 Å². The second kappa shape index (κ2) is 14.7. The third kappa shape index (κ3) is 13.9. The molecule has 1 fully saturated rings. The number of carboxylic acids is 1. The van der Waals surface area contributed by atoms with Crippen molar-refractivity contribution in [3.63, 3.8) is 0 Å². The van der Waals surface area contributed by atoms with Crippen molar-refractivity contribution in [3.8, 4) is 0 Å². The van der Waals surface area contributed by atoms with E-state index in [1.807, 2.05) is 0 Å². The minimum atomic E-state index is -1.09. The third-order valence-corrected chi connectivity index (χ3v) is 5.89. The first-order valence-corrected chi connectivity index (χ1v) is 12.7. The highest BCUT2D eigenvalue weighted by molar-refractivity contribution is 8.15. The zero-order chi connectivity index (χ0) is 22.4. The third-order valence-electron chi connectivity index (χ3n) is 4.86. The molecule has 1 rings (SSSR count). The molecule has 0 aromatic rings. The lowest BCUT2D eigenvalue weighted by Crippen LogP contribution is -2.36. The van der Waals surface area contributed by atoms with Crippen LogP contribution in [0.4, 0.5) is 4.79 Å². The van der Waals surface area contributed by atoms with Crippen molar-refractivity contribution < 1.29 is 19.4 Å². The van der Waals surface area contributed by atoms with Crippen molar-refractivity contribution in [1.82, 2.24) is 5.01 Å². The van der Waals surface area contributed by atoms with Gasteiger partial charge in [-0.25, -0.2) is 9.59 Å². The van der Waals surface area contributed by atoms with Crippen molar-refractivity contribution >= 4 is 28.9 Å². The van der Waals surface area contributed by atoms with Gasteiger partial charge in [-0.3, -0.25) is 0 Å². The molecule has 6 nitrogen and oxygen atoms in total. The van der Waals surface area contributed by atoms with E-state index in [4.69, 9.17) is 4.74 Å². The highest BCUT2D eigenvalue weighted by Crippen LogP contribution is 2.30. The number of carboxylic acid groups (broad SMARTS) is 1. The number of unbranched alkanes of at least 4 members (excludes halogenated alkanes) is 9. The second-order valence-electron chi connectivity index (χ2n) is 9.25. The minimum absolute atomic E-state index is 0.0302. The number of rotatable bonds is 14. The number of hydrogen-bond donors (Lipinski definition) is 1. The molecule has 0 bridgehead atoms. The van der Waals surface area contributed by atoms with Crippen LogP contribution >= 0.6 is 11.8 Å². The summed E-state index contributed by atoms with van der Waals surface area (Å²) in [4.78, 5) is 24.1. The monoisotopic (exact) mass is 442 g/mol. The Morgan fingerprint density at radius 2 is 1.53 bits per heavy atom. The number of hydrazone groups is 1. The van der Waals surface area contributed by atoms with E-state index in [0.29, 0.717) is 18.2 Å². The van der Waals surface area contributed by atoms with Gasteiger partial charge in [0.25, 0.3) is 0 Å². The summed E-state index contributed by atoms with van der Waals surface area (Å²) in [6.45, 7) is 8.04. The van der Waals surface area contributed by atoms with Crippen LogP contribution in [0.2, 0.25) is 0 Å². The maximum atomic E-state index is 12.4. The molecule has 30 heavy (non-hydrogen) atoms. The Morgan fingerprint density at radius 1 is 1.00 bits per heavy atom. The quantitative estimate of drug-likeness (QED) is 0.140. The second-order valence-corrected chi connectivity index (χ2v) is 10.3. The van der Waals surface area contributed by atoms with Gasteiger partial charge in [-0.2, -0.15) is 10.1 Å². The Morgan fingerprint density at radius 3 is 2.00 bits per heavy atom. The van der Waals surface area contributed by atoms with Crippen LogP contribution in [0.1, 0.15) is 105 Å². The van der Waals surface area contributed by atoms with Gasteiger partial charge >= 0.3 is 12.1 Å². The number of carbonyl (C=O) groups is 2. The molecule has 174 valence electrons. The van der Waals surface area contributed by atoms with Gasteiger partial charge in [-0.05, 0) is 51.7 Å². The van der Waals surface area contributed by atoms with Gasteiger partial charge in [0.2, 0.25) is 5.04 Å². The van der Waals surface area contributed by atoms with E-state index in [1.54, 1.807) is 20.8 Å². The summed E-state index contributed by atoms with van der Waals surface area (Å²) in [5.74, 6) is 0.00690. The molecular formula is C23H42N2O4S. The molecule has 0 aromatic carbocycles. The van der Waals surface area contributed by atoms with Crippen LogP contribution in [0, 0.1) is 5.92 Å². The number of carbonyl (C=O) groups excluding carboxylic acids is 1. The summed E-state index contributed by atoms with van der Waals surface area (Å²) in [6, 6.07) is 0. The standard InChI is InChI=1S/C23H42N2O4S/c1-5-6-7-8-9-10-11-12-13-14-17-30-20(21(26)27)24-25(18-19-15-16-19)22(28)29-23(2,3)4/h19H,5-18H2,1-4H3,(H,26,27)/b24-20-. The molecule has 0 aromatic heterocycles. The molecule has 1 aliphatic carbocycles. The normalized spacial score (nSPS) is 14.6. The fourth-order valence-electron chi connectivity index (χ4n) is 3.02. The van der Waals surface area contributed by atoms with Crippen molar-refractivity contribution in [1.29, 1.82) is 0 Å². The maximum absolute atomic E-state index is 12.4. The largest absolute Gasteiger partial charge is 0.476 e. The summed E-state index contributed by atoms with van der Waals surface area (Å²) in [5, 5.41) is 14.9. The summed E-state index contributed by atoms with van der Waals surface area (Å²) in [7, 11) is 0. The lowest BCUT2D eigenvalue weighted by Gasteiger charge is -2.24. The summed E-state index contributed by atoms with van der Waals surface area (Å²) in [5.41, 5.74) is -0.638. The van der Waals surface area contributed by atoms with E-state index in [-0.39, 0.29) is 5.04 Å². The summed E-state index contributed by atoms with van der Waals surface area (Å²) >= 11 is 1.22. The Labute approximate surface area is 187 Å². The molecule has 7 heteroatoms. The maximum Gasteiger partial charge on any atom is 0.430 e. The molecule has 1 aliphatic rings. The number of thioether (sulfide) groups is 1. The van der Waals surface area contributed by atoms with Crippen molar-refractivity contribution in [2.75, 3.05) is 12.3 Å². The Kier molecular flexibility index (Phi) is 13.1. The molecule has 0 unspecified atom stereocenters. The first kappa shape index (κ1) is 26.8. The van der Waals surface area contributed by atoms with Crippen LogP contribution in [0.15, 0.2) is 5.10 Å². The van der Waals surface area contributed by atoms with Gasteiger partial charge < -0.3 is 9.84 Å². The lowest BCUT2D eigenvalue weighted by molar-refractivity contribution is -0.129. The summed E-state index contributed by atoms with van der Waals surface area (Å²) < 4.78 is 5.40. The van der Waals surface area contributed by atoms with E-state index in [9.17, 15) is 14.7 Å². The predicted molar refractivity (Wildman–Crippen MR) is 125 cm³/mol. The summed E-state index contributed by atoms with van der Waals surface area (Å²) in [6.07, 6.45) is 14.0. The number of nitrogens with zero attached hydrogens (tertiary/aromatic N) is 2. The molecule has 0 atom stereocenters. The van der Waals surface area contributed by atoms with Crippen LogP contribution < -0.4 is 0 Å². The number of hydrogen-bond acceptors (Lipinski definition) is 5. The minimum Gasteiger partial charge on any atom is -0.476 e. The smallest absolute Gasteiger partial charge is 0.430 e. The first-order chi connectivity index (χ1) is 14.2. The van der Waals surface area contributed by atoms with Crippen LogP contribution in [-0.2, 0) is 9.53 Å². The Hall–Kier alpha value is -1.24. The molecule has 0 radical (unpaired) electrons. The van der Waals surface area contributed by atoms with E-state index in [0.717, 1.165) is 25.7 Å². The van der Waals surface area contributed by atoms with Gasteiger partial charge in [-0.1, -0.05) is 76.5 Å². The topological polar surface area (TPSA) is 79.2 Å². The highest BCUT2D eigenvalue weighted by Gasteiger charge is 2.30. The molecule has 0 spiro atoms. The molecule has 1 amide bonds. The molecule has 1 saturated carbocycles. The van der Waals surface area contributed by atoms with Gasteiger partial charge in [0.05, 0.1) is 6.54 Å². The lowest BCUT2D eigenvalue weighted by atomic mass is 10.1. The fourth-order valence-corrected chi connectivity index (χ4v) is 3.84. The van der Waals surface area contributed by atoms with E-state index in [2.05, 4.69) is 12.0 Å². The average Bonchev–Trinajstić information content (AvgIpc) is 3.46. The van der Waals surface area contributed by atoms with Crippen LogP contribution in [0.3, 0.4) is 0 Å². The average molecular weight is 443 g/mol. The molecule has 0 saturated heterocycles. The zero-order valence-electron chi connectivity index (χ0n) is 19.5. The van der Waals surface area contributed by atoms with E-state index < -0.39 is 17.7 Å². The molecule has 1 N–H and O–H groups in total. The fraction of sp³-hybridized carbons (Fsp3) is 0.870. The van der Waals surface area contributed by atoms with Gasteiger partial charge in [-0.15, -0.1) is 0 Å². The number of ether oxygens (including phenoxy) is 1. The van der Waals surface area contributed by atoms with Gasteiger partial charge in [0, 0.05) is 0 Å². The first-order valence-electron chi connectivity index (χ1n) is 11.7. The highest BCUT2D eigenvalue weighted by atomic mass is 32.2. The molecule has 0 aliphatic heterocycles. The number of aliphatic carboxylic acids is 1. The Balaban J connectivity index is 2.37. The van der Waals surface area contributed by atoms with E-state index in [1.165, 1.54) is 68.1 Å². The van der Waals surface area contributed by atoms with Crippen LogP contribution in [0.25, 0.3) is 0 Å². The Bertz CT molecular complexity index is 542.